The Labute approximate surface area is 163 Å². The van der Waals surface area contributed by atoms with Crippen LogP contribution in [0.15, 0.2) is 4.99 Å². The molecule has 3 heterocycles. The van der Waals surface area contributed by atoms with Gasteiger partial charge in [0, 0.05) is 24.9 Å². The molecule has 0 aromatic carbocycles. The maximum Gasteiger partial charge on any atom is 0.191 e. The smallest absolute Gasteiger partial charge is 0.191 e. The monoisotopic (exact) mass is 461 g/mol. The van der Waals surface area contributed by atoms with E-state index in [1.807, 2.05) is 13.8 Å². The number of nitrogens with zero attached hydrogens (tertiary/aromatic N) is 5. The number of guanidine groups is 1. The predicted molar refractivity (Wildman–Crippen MR) is 107 cm³/mol. The van der Waals surface area contributed by atoms with Crippen molar-refractivity contribution in [3.05, 3.63) is 27.2 Å². The van der Waals surface area contributed by atoms with Crippen molar-refractivity contribution in [1.82, 2.24) is 30.4 Å². The number of thiazole rings is 1. The summed E-state index contributed by atoms with van der Waals surface area (Å²) in [5, 5.41) is 16.3. The highest BCUT2D eigenvalue weighted by atomic mass is 127. The van der Waals surface area contributed by atoms with Gasteiger partial charge in [-0.25, -0.2) is 4.98 Å². The zero-order valence-corrected chi connectivity index (χ0v) is 17.4. The summed E-state index contributed by atoms with van der Waals surface area (Å²) in [5.74, 6) is 2.85. The second kappa shape index (κ2) is 8.75. The summed E-state index contributed by atoms with van der Waals surface area (Å²) >= 11 is 1.72. The van der Waals surface area contributed by atoms with Gasteiger partial charge in [-0.3, -0.25) is 4.99 Å². The lowest BCUT2D eigenvalue weighted by Crippen LogP contribution is -2.37. The van der Waals surface area contributed by atoms with Crippen LogP contribution in [-0.4, -0.2) is 32.8 Å². The van der Waals surface area contributed by atoms with Crippen molar-refractivity contribution >= 4 is 41.3 Å². The molecule has 7 nitrogen and oxygen atoms in total. The maximum absolute atomic E-state index is 4.45. The van der Waals surface area contributed by atoms with Gasteiger partial charge in [-0.2, -0.15) is 0 Å². The minimum absolute atomic E-state index is 0. The molecule has 24 heavy (non-hydrogen) atoms. The molecule has 1 aliphatic heterocycles. The van der Waals surface area contributed by atoms with Crippen LogP contribution >= 0.6 is 35.3 Å². The fourth-order valence-corrected chi connectivity index (χ4v) is 3.66. The van der Waals surface area contributed by atoms with Gasteiger partial charge in [0.15, 0.2) is 11.8 Å². The Balaban J connectivity index is 0.00000208. The average molecular weight is 461 g/mol. The van der Waals surface area contributed by atoms with Gasteiger partial charge in [-0.15, -0.1) is 45.5 Å². The Hall–Kier alpha value is -1.23. The minimum Gasteiger partial charge on any atom is -0.351 e. The number of nitrogens with one attached hydrogen (secondary N) is 2. The highest BCUT2D eigenvalue weighted by molar-refractivity contribution is 14.0. The number of halogens is 1. The fraction of sp³-hybridized carbons (Fsp3) is 0.600. The molecule has 0 saturated carbocycles. The molecule has 0 saturated heterocycles. The van der Waals surface area contributed by atoms with E-state index in [2.05, 4.69) is 35.4 Å². The third-order valence-electron chi connectivity index (χ3n) is 3.99. The van der Waals surface area contributed by atoms with Crippen molar-refractivity contribution in [2.24, 2.45) is 4.99 Å². The van der Waals surface area contributed by atoms with Gasteiger partial charge in [-0.1, -0.05) is 0 Å². The van der Waals surface area contributed by atoms with Crippen LogP contribution in [0, 0.1) is 13.8 Å². The third kappa shape index (κ3) is 4.44. The zero-order chi connectivity index (χ0) is 16.2. The van der Waals surface area contributed by atoms with Crippen LogP contribution in [0.4, 0.5) is 0 Å². The molecule has 1 aliphatic rings. The molecule has 9 heteroatoms. The molecule has 3 rings (SSSR count). The lowest BCUT2D eigenvalue weighted by molar-refractivity contribution is 0.504. The van der Waals surface area contributed by atoms with Crippen LogP contribution in [0.2, 0.25) is 0 Å². The summed E-state index contributed by atoms with van der Waals surface area (Å²) in [4.78, 5) is 9.96. The topological polar surface area (TPSA) is 80.0 Å². The van der Waals surface area contributed by atoms with Gasteiger partial charge >= 0.3 is 0 Å². The number of aromatic nitrogens is 4. The first-order valence-electron chi connectivity index (χ1n) is 7.95. The normalized spacial score (nSPS) is 14.0. The first-order valence-corrected chi connectivity index (χ1v) is 8.77. The number of hydrogen-bond acceptors (Lipinski definition) is 5. The Kier molecular flexibility index (Phi) is 6.96. The van der Waals surface area contributed by atoms with Crippen molar-refractivity contribution in [3.63, 3.8) is 0 Å². The molecule has 0 bridgehead atoms. The molecule has 2 aromatic rings. The fourth-order valence-electron chi connectivity index (χ4n) is 2.78. The molecule has 132 valence electrons. The number of hydrogen-bond donors (Lipinski definition) is 2. The minimum atomic E-state index is 0. The quantitative estimate of drug-likeness (QED) is 0.415. The van der Waals surface area contributed by atoms with Crippen LogP contribution in [0.3, 0.4) is 0 Å². The highest BCUT2D eigenvalue weighted by Gasteiger charge is 2.15. The van der Waals surface area contributed by atoms with Gasteiger partial charge in [-0.05, 0) is 26.7 Å². The van der Waals surface area contributed by atoms with Crippen molar-refractivity contribution in [1.29, 1.82) is 0 Å². The predicted octanol–water partition coefficient (Wildman–Crippen LogP) is 2.17. The van der Waals surface area contributed by atoms with Crippen LogP contribution in [0.1, 0.15) is 40.1 Å². The van der Waals surface area contributed by atoms with Crippen molar-refractivity contribution in [2.75, 3.05) is 7.05 Å². The summed E-state index contributed by atoms with van der Waals surface area (Å²) in [6.45, 7) is 6.45. The average Bonchev–Trinajstić information content (AvgIpc) is 3.10. The first-order chi connectivity index (χ1) is 11.2. The van der Waals surface area contributed by atoms with Gasteiger partial charge in [0.25, 0.3) is 0 Å². The van der Waals surface area contributed by atoms with E-state index in [1.165, 1.54) is 17.7 Å². The van der Waals surface area contributed by atoms with E-state index in [0.717, 1.165) is 47.8 Å². The van der Waals surface area contributed by atoms with E-state index < -0.39 is 0 Å². The van der Waals surface area contributed by atoms with E-state index >= 15 is 0 Å². The van der Waals surface area contributed by atoms with Gasteiger partial charge in [0.05, 0.1) is 23.8 Å². The standard InChI is InChI=1S/C15H23N7S.HI/c1-10-12(23-11(2)19-10)8-17-15(16-3)18-9-14-21-20-13-6-4-5-7-22(13)14;/h4-9H2,1-3H3,(H2,16,17,18);1H. The van der Waals surface area contributed by atoms with Crippen molar-refractivity contribution in [3.8, 4) is 0 Å². The molecule has 0 spiro atoms. The largest absolute Gasteiger partial charge is 0.351 e. The molecular formula is C15H24IN7S. The number of fused-ring (bicyclic) bond motifs is 1. The van der Waals surface area contributed by atoms with Gasteiger partial charge < -0.3 is 15.2 Å². The third-order valence-corrected chi connectivity index (χ3v) is 5.06. The van der Waals surface area contributed by atoms with E-state index in [1.54, 1.807) is 18.4 Å². The molecule has 2 aromatic heterocycles. The van der Waals surface area contributed by atoms with E-state index in [0.29, 0.717) is 6.54 Å². The molecule has 2 N–H and O–H groups in total. The summed E-state index contributed by atoms with van der Waals surface area (Å²) in [6, 6.07) is 0. The Morgan fingerprint density at radius 3 is 2.71 bits per heavy atom. The molecule has 0 aliphatic carbocycles. The maximum atomic E-state index is 4.45. The Morgan fingerprint density at radius 1 is 1.21 bits per heavy atom. The molecule has 0 unspecified atom stereocenters. The number of rotatable bonds is 4. The van der Waals surface area contributed by atoms with Gasteiger partial charge in [0.2, 0.25) is 0 Å². The van der Waals surface area contributed by atoms with Crippen molar-refractivity contribution < 1.29 is 0 Å². The van der Waals surface area contributed by atoms with E-state index in [4.69, 9.17) is 0 Å². The lowest BCUT2D eigenvalue weighted by Gasteiger charge is -2.16. The second-order valence-corrected chi connectivity index (χ2v) is 6.95. The lowest BCUT2D eigenvalue weighted by atomic mass is 10.2. The second-order valence-electron chi connectivity index (χ2n) is 5.66. The summed E-state index contributed by atoms with van der Waals surface area (Å²) in [5.41, 5.74) is 1.09. The summed E-state index contributed by atoms with van der Waals surface area (Å²) in [6.07, 6.45) is 3.45. The van der Waals surface area contributed by atoms with Crippen LogP contribution in [0.5, 0.6) is 0 Å². The zero-order valence-electron chi connectivity index (χ0n) is 14.3. The van der Waals surface area contributed by atoms with Crippen molar-refractivity contribution in [2.45, 2.75) is 52.7 Å². The summed E-state index contributed by atoms with van der Waals surface area (Å²) < 4.78 is 2.22. The van der Waals surface area contributed by atoms with Crippen LogP contribution in [-0.2, 0) is 26.1 Å². The van der Waals surface area contributed by atoms with E-state index in [-0.39, 0.29) is 24.0 Å². The molecule has 0 amide bonds. The van der Waals surface area contributed by atoms with Gasteiger partial charge in [0.1, 0.15) is 5.82 Å². The summed E-state index contributed by atoms with van der Waals surface area (Å²) in [7, 11) is 1.78. The highest BCUT2D eigenvalue weighted by Crippen LogP contribution is 2.16. The molecule has 0 radical (unpaired) electrons. The molecular weight excluding hydrogens is 437 g/mol. The first kappa shape index (κ1) is 19.1. The number of aliphatic imine (C=N–C) groups is 1. The Bertz CT molecular complexity index is 707. The molecule has 0 atom stereocenters. The van der Waals surface area contributed by atoms with Crippen LogP contribution in [0.25, 0.3) is 0 Å². The molecule has 0 fully saturated rings. The van der Waals surface area contributed by atoms with Crippen LogP contribution < -0.4 is 10.6 Å². The SMILES string of the molecule is CN=C(NCc1sc(C)nc1C)NCc1nnc2n1CCCC2.I. The number of aryl methyl sites for hydroxylation is 3. The van der Waals surface area contributed by atoms with E-state index in [9.17, 15) is 0 Å². The Morgan fingerprint density at radius 2 is 2.00 bits per heavy atom.